The smallest absolute Gasteiger partial charge is 0.157 e. The molecule has 1 unspecified atom stereocenters. The van der Waals surface area contributed by atoms with Crippen molar-refractivity contribution in [2.45, 2.75) is 6.10 Å². The molecule has 1 atom stereocenters. The fraction of sp³-hybridized carbons (Fsp3) is 0.273. The molecule has 0 aromatic heterocycles. The van der Waals surface area contributed by atoms with Crippen molar-refractivity contribution in [3.05, 3.63) is 36.4 Å². The Morgan fingerprint density at radius 2 is 2.07 bits per heavy atom. The minimum Gasteiger partial charge on any atom is -0.504 e. The molecule has 0 aliphatic carbocycles. The first kappa shape index (κ1) is 11.6. The summed E-state index contributed by atoms with van der Waals surface area (Å²) in [6, 6.07) is 4.26. The van der Waals surface area contributed by atoms with Crippen molar-refractivity contribution in [1.29, 1.82) is 0 Å². The third kappa shape index (κ3) is 3.27. The van der Waals surface area contributed by atoms with Crippen LogP contribution in [0.3, 0.4) is 0 Å². The van der Waals surface area contributed by atoms with E-state index in [2.05, 4.69) is 11.9 Å². The summed E-state index contributed by atoms with van der Waals surface area (Å²) >= 11 is 0. The Labute approximate surface area is 88.5 Å². The minimum absolute atomic E-state index is 0.190. The molecule has 0 saturated carbocycles. The van der Waals surface area contributed by atoms with Crippen LogP contribution < -0.4 is 5.32 Å². The summed E-state index contributed by atoms with van der Waals surface area (Å²) in [5.41, 5.74) is 0.557. The van der Waals surface area contributed by atoms with E-state index in [-0.39, 0.29) is 11.5 Å². The van der Waals surface area contributed by atoms with Gasteiger partial charge in [-0.25, -0.2) is 0 Å². The molecular weight excluding hydrogens is 194 g/mol. The van der Waals surface area contributed by atoms with Gasteiger partial charge < -0.3 is 20.6 Å². The van der Waals surface area contributed by atoms with Crippen molar-refractivity contribution in [2.75, 3.05) is 13.1 Å². The van der Waals surface area contributed by atoms with E-state index in [9.17, 15) is 10.2 Å². The third-order valence-electron chi connectivity index (χ3n) is 2.01. The first-order chi connectivity index (χ1) is 7.15. The van der Waals surface area contributed by atoms with Gasteiger partial charge in [0.2, 0.25) is 0 Å². The number of nitrogens with one attached hydrogen (secondary N) is 1. The number of benzene rings is 1. The zero-order chi connectivity index (χ0) is 11.3. The van der Waals surface area contributed by atoms with Gasteiger partial charge in [0, 0.05) is 13.1 Å². The monoisotopic (exact) mass is 209 g/mol. The van der Waals surface area contributed by atoms with Crippen LogP contribution in [-0.4, -0.2) is 28.4 Å². The topological polar surface area (TPSA) is 72.7 Å². The van der Waals surface area contributed by atoms with Crippen molar-refractivity contribution >= 4 is 0 Å². The molecule has 0 radical (unpaired) electrons. The summed E-state index contributed by atoms with van der Waals surface area (Å²) in [6.45, 7) is 4.52. The SMILES string of the molecule is C=CCNCC(O)c1ccc(O)c(O)c1. The van der Waals surface area contributed by atoms with Crippen molar-refractivity contribution in [3.63, 3.8) is 0 Å². The largest absolute Gasteiger partial charge is 0.504 e. The van der Waals surface area contributed by atoms with Gasteiger partial charge in [-0.05, 0) is 17.7 Å². The predicted molar refractivity (Wildman–Crippen MR) is 57.8 cm³/mol. The van der Waals surface area contributed by atoms with Crippen molar-refractivity contribution in [2.24, 2.45) is 0 Å². The number of aliphatic hydroxyl groups excluding tert-OH is 1. The molecule has 1 rings (SSSR count). The third-order valence-corrected chi connectivity index (χ3v) is 2.01. The predicted octanol–water partition coefficient (Wildman–Crippen LogP) is 0.907. The highest BCUT2D eigenvalue weighted by Gasteiger charge is 2.09. The Morgan fingerprint density at radius 1 is 1.33 bits per heavy atom. The van der Waals surface area contributed by atoms with Crippen LogP contribution in [0, 0.1) is 0 Å². The average molecular weight is 209 g/mol. The second kappa shape index (κ2) is 5.38. The van der Waals surface area contributed by atoms with Gasteiger partial charge in [-0.2, -0.15) is 0 Å². The number of phenols is 2. The Hall–Kier alpha value is -1.52. The molecule has 4 N–H and O–H groups in total. The molecule has 4 nitrogen and oxygen atoms in total. The summed E-state index contributed by atoms with van der Waals surface area (Å²) in [6.07, 6.45) is 0.984. The first-order valence-corrected chi connectivity index (χ1v) is 4.66. The lowest BCUT2D eigenvalue weighted by molar-refractivity contribution is 0.176. The van der Waals surface area contributed by atoms with E-state index in [1.165, 1.54) is 12.1 Å². The molecule has 0 fully saturated rings. The molecular formula is C11H15NO3. The Morgan fingerprint density at radius 3 is 2.67 bits per heavy atom. The van der Waals surface area contributed by atoms with Crippen molar-refractivity contribution in [1.82, 2.24) is 5.32 Å². The highest BCUT2D eigenvalue weighted by Crippen LogP contribution is 2.27. The zero-order valence-corrected chi connectivity index (χ0v) is 8.35. The van der Waals surface area contributed by atoms with E-state index in [1.54, 1.807) is 12.1 Å². The van der Waals surface area contributed by atoms with Gasteiger partial charge in [-0.15, -0.1) is 6.58 Å². The van der Waals surface area contributed by atoms with Gasteiger partial charge in [-0.3, -0.25) is 0 Å². The normalized spacial score (nSPS) is 12.3. The maximum Gasteiger partial charge on any atom is 0.157 e. The van der Waals surface area contributed by atoms with Gasteiger partial charge >= 0.3 is 0 Å². The maximum absolute atomic E-state index is 9.67. The van der Waals surface area contributed by atoms with Gasteiger partial charge in [-0.1, -0.05) is 12.1 Å². The lowest BCUT2D eigenvalue weighted by Gasteiger charge is -2.11. The lowest BCUT2D eigenvalue weighted by Crippen LogP contribution is -2.21. The number of aromatic hydroxyl groups is 2. The highest BCUT2D eigenvalue weighted by atomic mass is 16.3. The summed E-state index contributed by atoms with van der Waals surface area (Å²) in [7, 11) is 0. The number of aliphatic hydroxyl groups is 1. The molecule has 82 valence electrons. The Balaban J connectivity index is 2.61. The van der Waals surface area contributed by atoms with E-state index >= 15 is 0 Å². The quantitative estimate of drug-likeness (QED) is 0.330. The second-order valence-electron chi connectivity index (χ2n) is 3.21. The molecule has 15 heavy (non-hydrogen) atoms. The second-order valence-corrected chi connectivity index (χ2v) is 3.21. The molecule has 0 amide bonds. The molecule has 0 heterocycles. The van der Waals surface area contributed by atoms with E-state index in [4.69, 9.17) is 5.11 Å². The number of hydrogen-bond donors (Lipinski definition) is 4. The number of hydrogen-bond acceptors (Lipinski definition) is 4. The molecule has 1 aromatic rings. The highest BCUT2D eigenvalue weighted by molar-refractivity contribution is 5.41. The standard InChI is InChI=1S/C11H15NO3/c1-2-5-12-7-11(15)8-3-4-9(13)10(14)6-8/h2-4,6,11-15H,1,5,7H2. The fourth-order valence-electron chi connectivity index (χ4n) is 1.19. The summed E-state index contributed by atoms with van der Waals surface area (Å²) in [4.78, 5) is 0. The maximum atomic E-state index is 9.67. The van der Waals surface area contributed by atoms with Crippen LogP contribution in [0.15, 0.2) is 30.9 Å². The first-order valence-electron chi connectivity index (χ1n) is 4.66. The summed E-state index contributed by atoms with van der Waals surface area (Å²) in [5, 5.41) is 30.9. The van der Waals surface area contributed by atoms with Crippen LogP contribution in [0.1, 0.15) is 11.7 Å². The van der Waals surface area contributed by atoms with Crippen LogP contribution >= 0.6 is 0 Å². The van der Waals surface area contributed by atoms with Gasteiger partial charge in [0.15, 0.2) is 11.5 Å². The van der Waals surface area contributed by atoms with E-state index < -0.39 is 6.10 Å². The summed E-state index contributed by atoms with van der Waals surface area (Å²) < 4.78 is 0. The van der Waals surface area contributed by atoms with E-state index in [0.29, 0.717) is 18.7 Å². The average Bonchev–Trinajstić information content (AvgIpc) is 2.22. The Kier molecular flexibility index (Phi) is 4.15. The number of rotatable bonds is 5. The van der Waals surface area contributed by atoms with Crippen molar-refractivity contribution < 1.29 is 15.3 Å². The van der Waals surface area contributed by atoms with E-state index in [1.807, 2.05) is 0 Å². The van der Waals surface area contributed by atoms with Crippen molar-refractivity contribution in [3.8, 4) is 11.5 Å². The molecule has 0 bridgehead atoms. The molecule has 0 aliphatic rings. The van der Waals surface area contributed by atoms with E-state index in [0.717, 1.165) is 0 Å². The van der Waals surface area contributed by atoms with Crippen LogP contribution in [0.2, 0.25) is 0 Å². The Bertz CT molecular complexity index is 339. The van der Waals surface area contributed by atoms with Crippen LogP contribution in [-0.2, 0) is 0 Å². The molecule has 1 aromatic carbocycles. The lowest BCUT2D eigenvalue weighted by atomic mass is 10.1. The molecule has 0 spiro atoms. The molecule has 0 saturated heterocycles. The van der Waals surface area contributed by atoms with Crippen LogP contribution in [0.5, 0.6) is 11.5 Å². The summed E-state index contributed by atoms with van der Waals surface area (Å²) in [5.74, 6) is -0.416. The number of phenolic OH excluding ortho intramolecular Hbond substituents is 2. The van der Waals surface area contributed by atoms with Crippen LogP contribution in [0.25, 0.3) is 0 Å². The van der Waals surface area contributed by atoms with Gasteiger partial charge in [0.05, 0.1) is 6.10 Å². The van der Waals surface area contributed by atoms with Crippen LogP contribution in [0.4, 0.5) is 0 Å². The van der Waals surface area contributed by atoms with Gasteiger partial charge in [0.25, 0.3) is 0 Å². The molecule has 4 heteroatoms. The van der Waals surface area contributed by atoms with Gasteiger partial charge in [0.1, 0.15) is 0 Å². The minimum atomic E-state index is -0.712. The molecule has 0 aliphatic heterocycles. The fourth-order valence-corrected chi connectivity index (χ4v) is 1.19. The zero-order valence-electron chi connectivity index (χ0n) is 8.35.